The van der Waals surface area contributed by atoms with Gasteiger partial charge in [-0.3, -0.25) is 20.0 Å². The van der Waals surface area contributed by atoms with Crippen molar-refractivity contribution < 1.29 is 13.2 Å². The number of rotatable bonds is 7. The van der Waals surface area contributed by atoms with Crippen molar-refractivity contribution in [1.29, 1.82) is 0 Å². The van der Waals surface area contributed by atoms with Crippen LogP contribution in [0.3, 0.4) is 0 Å². The fraction of sp³-hybridized carbons (Fsp3) is 0.458. The molecular weight excluding hydrogens is 424 g/mol. The van der Waals surface area contributed by atoms with Gasteiger partial charge in [0.2, 0.25) is 15.9 Å². The topological polar surface area (TPSA) is 90.5 Å². The van der Waals surface area contributed by atoms with Crippen molar-refractivity contribution in [2.75, 3.05) is 16.2 Å². The van der Waals surface area contributed by atoms with E-state index in [9.17, 15) is 13.2 Å². The average Bonchev–Trinajstić information content (AvgIpc) is 3.07. The molecule has 2 aromatic carbocycles. The zero-order valence-electron chi connectivity index (χ0n) is 19.6. The number of nitrogens with zero attached hydrogens (tertiary/aromatic N) is 1. The summed E-state index contributed by atoms with van der Waals surface area (Å²) in [4.78, 5) is 13.0. The van der Waals surface area contributed by atoms with Crippen molar-refractivity contribution in [1.82, 2.24) is 10.9 Å². The molecule has 1 fully saturated rings. The highest BCUT2D eigenvalue weighted by molar-refractivity contribution is 7.93. The number of aryl methyl sites for hydroxylation is 2. The number of anilines is 2. The lowest BCUT2D eigenvalue weighted by Crippen LogP contribution is -2.49. The largest absolute Gasteiger partial charge is 0.324 e. The molecule has 174 valence electrons. The van der Waals surface area contributed by atoms with Crippen LogP contribution >= 0.6 is 0 Å². The highest BCUT2D eigenvalue weighted by Gasteiger charge is 2.44. The van der Waals surface area contributed by atoms with Gasteiger partial charge in [-0.2, -0.15) is 0 Å². The zero-order valence-corrected chi connectivity index (χ0v) is 20.5. The van der Waals surface area contributed by atoms with Gasteiger partial charge in [0.1, 0.15) is 11.8 Å². The smallest absolute Gasteiger partial charge is 0.245 e. The molecule has 3 rings (SSSR count). The molecule has 1 amide bonds. The predicted octanol–water partition coefficient (Wildman–Crippen LogP) is 3.46. The minimum Gasteiger partial charge on any atom is -0.324 e. The maximum absolute atomic E-state index is 13.7. The maximum atomic E-state index is 13.7. The van der Waals surface area contributed by atoms with E-state index in [1.54, 1.807) is 12.1 Å². The van der Waals surface area contributed by atoms with Gasteiger partial charge in [0.05, 0.1) is 5.69 Å². The Morgan fingerprint density at radius 1 is 1.03 bits per heavy atom. The van der Waals surface area contributed by atoms with Gasteiger partial charge >= 0.3 is 0 Å². The third-order valence-electron chi connectivity index (χ3n) is 5.98. The van der Waals surface area contributed by atoms with Gasteiger partial charge in [0.15, 0.2) is 0 Å². The van der Waals surface area contributed by atoms with Crippen molar-refractivity contribution in [2.45, 2.75) is 64.8 Å². The zero-order chi connectivity index (χ0) is 23.6. The van der Waals surface area contributed by atoms with E-state index in [-0.39, 0.29) is 24.5 Å². The van der Waals surface area contributed by atoms with E-state index in [1.807, 2.05) is 58.0 Å². The van der Waals surface area contributed by atoms with Crippen LogP contribution in [0.25, 0.3) is 0 Å². The summed E-state index contributed by atoms with van der Waals surface area (Å²) in [6, 6.07) is 12.6. The molecule has 0 saturated carbocycles. The Labute approximate surface area is 191 Å². The highest BCUT2D eigenvalue weighted by Crippen LogP contribution is 2.27. The van der Waals surface area contributed by atoms with Crippen LogP contribution in [-0.2, 0) is 14.8 Å². The van der Waals surface area contributed by atoms with E-state index in [0.717, 1.165) is 16.7 Å². The third kappa shape index (κ3) is 5.14. The Balaban J connectivity index is 1.94. The van der Waals surface area contributed by atoms with Gasteiger partial charge in [-0.05, 0) is 68.5 Å². The van der Waals surface area contributed by atoms with Crippen molar-refractivity contribution >= 4 is 27.3 Å². The summed E-state index contributed by atoms with van der Waals surface area (Å²) in [7, 11) is -3.84. The van der Waals surface area contributed by atoms with Crippen LogP contribution in [0.2, 0.25) is 0 Å². The van der Waals surface area contributed by atoms with Crippen LogP contribution in [0, 0.1) is 13.8 Å². The second-order valence-electron chi connectivity index (χ2n) is 9.00. The Morgan fingerprint density at radius 3 is 2.19 bits per heavy atom. The lowest BCUT2D eigenvalue weighted by atomic mass is 10.0. The van der Waals surface area contributed by atoms with Crippen molar-refractivity contribution in [3.8, 4) is 0 Å². The van der Waals surface area contributed by atoms with Crippen LogP contribution in [0.5, 0.6) is 0 Å². The Morgan fingerprint density at radius 2 is 1.62 bits per heavy atom. The monoisotopic (exact) mass is 458 g/mol. The normalized spacial score (nSPS) is 21.0. The minimum atomic E-state index is -3.84. The molecule has 3 N–H and O–H groups in total. The summed E-state index contributed by atoms with van der Waals surface area (Å²) in [6.07, 6.45) is 0. The Bertz CT molecular complexity index is 1060. The Hall–Kier alpha value is -2.42. The molecule has 1 saturated heterocycles. The van der Waals surface area contributed by atoms with Crippen molar-refractivity contribution in [3.63, 3.8) is 0 Å². The first-order valence-corrected chi connectivity index (χ1v) is 12.5. The first kappa shape index (κ1) is 24.2. The molecule has 2 atom stereocenters. The van der Waals surface area contributed by atoms with E-state index in [0.29, 0.717) is 17.3 Å². The summed E-state index contributed by atoms with van der Waals surface area (Å²) < 4.78 is 28.7. The first-order valence-electron chi connectivity index (χ1n) is 11.0. The number of carbonyl (C=O) groups excluding carboxylic acids is 1. The molecule has 2 aromatic rings. The second kappa shape index (κ2) is 9.60. The van der Waals surface area contributed by atoms with Crippen LogP contribution in [0.4, 0.5) is 11.4 Å². The molecule has 0 bridgehead atoms. The van der Waals surface area contributed by atoms with E-state index in [1.165, 1.54) is 4.31 Å². The van der Waals surface area contributed by atoms with Gasteiger partial charge in [-0.25, -0.2) is 8.42 Å². The summed E-state index contributed by atoms with van der Waals surface area (Å²) in [5.41, 5.74) is 10.2. The summed E-state index contributed by atoms with van der Waals surface area (Å²) in [5, 5.41) is 2.18. The van der Waals surface area contributed by atoms with Gasteiger partial charge in [0, 0.05) is 17.8 Å². The highest BCUT2D eigenvalue weighted by atomic mass is 32.2. The average molecular weight is 459 g/mol. The van der Waals surface area contributed by atoms with Crippen LogP contribution in [-0.4, -0.2) is 38.2 Å². The fourth-order valence-electron chi connectivity index (χ4n) is 4.07. The molecule has 2 unspecified atom stereocenters. The van der Waals surface area contributed by atoms with E-state index in [2.05, 4.69) is 30.0 Å². The first-order chi connectivity index (χ1) is 15.0. The number of hydrogen-bond donors (Lipinski definition) is 3. The molecule has 32 heavy (non-hydrogen) atoms. The molecule has 1 aliphatic rings. The molecule has 7 nitrogen and oxygen atoms in total. The molecule has 0 radical (unpaired) electrons. The summed E-state index contributed by atoms with van der Waals surface area (Å²) in [6.45, 7) is 11.4. The van der Waals surface area contributed by atoms with Crippen molar-refractivity contribution in [3.05, 3.63) is 59.2 Å². The number of hydrazine groups is 1. The molecule has 0 spiro atoms. The molecule has 0 aliphatic carbocycles. The van der Waals surface area contributed by atoms with Gasteiger partial charge in [-0.15, -0.1) is 0 Å². The molecular formula is C24H34N4O3S. The summed E-state index contributed by atoms with van der Waals surface area (Å²) in [5.74, 6) is -0.0561. The number of amides is 1. The summed E-state index contributed by atoms with van der Waals surface area (Å²) >= 11 is 0. The lowest BCUT2D eigenvalue weighted by Gasteiger charge is -2.30. The third-order valence-corrected chi connectivity index (χ3v) is 8.44. The Kier molecular flexibility index (Phi) is 7.27. The van der Waals surface area contributed by atoms with Crippen LogP contribution in [0.1, 0.15) is 50.3 Å². The molecule has 8 heteroatoms. The van der Waals surface area contributed by atoms with Gasteiger partial charge in [0.25, 0.3) is 0 Å². The van der Waals surface area contributed by atoms with E-state index in [4.69, 9.17) is 0 Å². The number of nitrogens with one attached hydrogen (secondary N) is 3. The maximum Gasteiger partial charge on any atom is 0.245 e. The second-order valence-corrected chi connectivity index (χ2v) is 11.0. The van der Waals surface area contributed by atoms with Gasteiger partial charge < -0.3 is 5.32 Å². The predicted molar refractivity (Wildman–Crippen MR) is 130 cm³/mol. The molecule has 1 aliphatic heterocycles. The van der Waals surface area contributed by atoms with Gasteiger partial charge in [-0.1, -0.05) is 38.1 Å². The van der Waals surface area contributed by atoms with Crippen molar-refractivity contribution in [2.24, 2.45) is 0 Å². The van der Waals surface area contributed by atoms with Crippen LogP contribution in [0.15, 0.2) is 42.5 Å². The quantitative estimate of drug-likeness (QED) is 0.591. The van der Waals surface area contributed by atoms with E-state index >= 15 is 0 Å². The number of benzene rings is 2. The van der Waals surface area contributed by atoms with Crippen LogP contribution < -0.4 is 20.5 Å². The number of sulfonamides is 1. The molecule has 0 aromatic heterocycles. The SMILES string of the molecule is Cc1ccc(C)c(NC(=O)CN(c2ccc(C(C)C)cc2)S(=O)(=O)C2C(C)NNC2C)c1. The standard InChI is InChI=1S/C24H34N4O3S/c1-15(2)20-9-11-21(12-10-20)28(32(30,31)24-18(5)26-27-19(24)6)14-23(29)25-22-13-16(3)7-8-17(22)4/h7-13,15,18-19,24,26-27H,14H2,1-6H3,(H,25,29). The molecule has 1 heterocycles. The van der Waals surface area contributed by atoms with E-state index < -0.39 is 15.3 Å². The number of hydrogen-bond acceptors (Lipinski definition) is 5. The fourth-order valence-corrected chi connectivity index (χ4v) is 6.24. The lowest BCUT2D eigenvalue weighted by molar-refractivity contribution is -0.114. The minimum absolute atomic E-state index is 0.297. The number of carbonyl (C=O) groups is 1.